The van der Waals surface area contributed by atoms with Gasteiger partial charge in [0.1, 0.15) is 13.2 Å². The zero-order valence-electron chi connectivity index (χ0n) is 42.6. The highest BCUT2D eigenvalue weighted by atomic mass is 16.6. The highest BCUT2D eigenvalue weighted by Gasteiger charge is 2.19. The third kappa shape index (κ3) is 50.4. The summed E-state index contributed by atoms with van der Waals surface area (Å²) in [5, 5.41) is 0. The van der Waals surface area contributed by atoms with Crippen molar-refractivity contribution in [1.82, 2.24) is 0 Å². The molecule has 6 heteroatoms. The first-order valence-electron chi connectivity index (χ1n) is 27.6. The van der Waals surface area contributed by atoms with Crippen LogP contribution in [0, 0.1) is 0 Å². The van der Waals surface area contributed by atoms with Gasteiger partial charge in [-0.05, 0) is 83.5 Å². The fraction of sp³-hybridized carbons (Fsp3) is 0.810. The zero-order valence-corrected chi connectivity index (χ0v) is 42.6. The number of hydrogen-bond acceptors (Lipinski definition) is 6. The van der Waals surface area contributed by atoms with Crippen LogP contribution < -0.4 is 0 Å². The zero-order chi connectivity index (χ0) is 46.5. The Kier molecular flexibility index (Phi) is 50.8. The minimum absolute atomic E-state index is 0.0755. The fourth-order valence-electron chi connectivity index (χ4n) is 7.86. The second-order valence-corrected chi connectivity index (χ2v) is 18.5. The smallest absolute Gasteiger partial charge is 0.306 e. The molecule has 0 aromatic carbocycles. The molecule has 0 aliphatic rings. The Bertz CT molecular complexity index is 1120. The van der Waals surface area contributed by atoms with E-state index in [1.807, 2.05) is 0 Å². The molecule has 0 heterocycles. The summed E-state index contributed by atoms with van der Waals surface area (Å²) in [6.07, 6.45) is 63.8. The Morgan fingerprint density at radius 1 is 0.312 bits per heavy atom. The molecule has 0 saturated carbocycles. The number of ether oxygens (including phenoxy) is 3. The van der Waals surface area contributed by atoms with Gasteiger partial charge in [-0.1, -0.05) is 230 Å². The molecule has 0 aromatic rings. The molecule has 0 rings (SSSR count). The number of unbranched alkanes of at least 4 members (excludes halogenated alkanes) is 31. The quantitative estimate of drug-likeness (QED) is 0.0262. The van der Waals surface area contributed by atoms with Gasteiger partial charge in [0.25, 0.3) is 0 Å². The van der Waals surface area contributed by atoms with Gasteiger partial charge in [0.15, 0.2) is 6.10 Å². The summed E-state index contributed by atoms with van der Waals surface area (Å²) >= 11 is 0. The summed E-state index contributed by atoms with van der Waals surface area (Å²) in [5.41, 5.74) is 0. The van der Waals surface area contributed by atoms with E-state index in [4.69, 9.17) is 14.2 Å². The first-order chi connectivity index (χ1) is 31.5. The summed E-state index contributed by atoms with van der Waals surface area (Å²) in [6.45, 7) is 6.59. The van der Waals surface area contributed by atoms with Gasteiger partial charge in [0.2, 0.25) is 0 Å². The normalized spacial score (nSPS) is 12.4. The van der Waals surface area contributed by atoms with Crippen molar-refractivity contribution >= 4 is 17.9 Å². The minimum Gasteiger partial charge on any atom is -0.462 e. The van der Waals surface area contributed by atoms with Crippen molar-refractivity contribution in [3.63, 3.8) is 0 Å². The molecule has 0 N–H and O–H groups in total. The highest BCUT2D eigenvalue weighted by Crippen LogP contribution is 2.15. The van der Waals surface area contributed by atoms with Crippen molar-refractivity contribution in [3.8, 4) is 0 Å². The molecular formula is C58H104O6. The maximum Gasteiger partial charge on any atom is 0.306 e. The molecule has 0 radical (unpaired) electrons. The van der Waals surface area contributed by atoms with E-state index >= 15 is 0 Å². The van der Waals surface area contributed by atoms with Gasteiger partial charge in [-0.3, -0.25) is 14.4 Å². The third-order valence-corrected chi connectivity index (χ3v) is 12.1. The molecule has 6 nitrogen and oxygen atoms in total. The van der Waals surface area contributed by atoms with Crippen LogP contribution in [-0.4, -0.2) is 37.2 Å². The van der Waals surface area contributed by atoms with E-state index in [9.17, 15) is 14.4 Å². The number of carbonyl (C=O) groups is 3. The van der Waals surface area contributed by atoms with Crippen molar-refractivity contribution in [1.29, 1.82) is 0 Å². The lowest BCUT2D eigenvalue weighted by molar-refractivity contribution is -0.167. The van der Waals surface area contributed by atoms with Crippen LogP contribution in [0.4, 0.5) is 0 Å². The van der Waals surface area contributed by atoms with Crippen LogP contribution in [0.5, 0.6) is 0 Å². The Hall–Kier alpha value is -2.63. The van der Waals surface area contributed by atoms with Crippen LogP contribution in [0.3, 0.4) is 0 Å². The molecule has 0 aromatic heterocycles. The summed E-state index contributed by atoms with van der Waals surface area (Å²) < 4.78 is 16.8. The maximum absolute atomic E-state index is 12.8. The Balaban J connectivity index is 4.30. The van der Waals surface area contributed by atoms with Crippen molar-refractivity contribution in [2.24, 2.45) is 0 Å². The number of hydrogen-bond donors (Lipinski definition) is 0. The molecule has 0 aliphatic carbocycles. The van der Waals surface area contributed by atoms with E-state index in [0.29, 0.717) is 19.3 Å². The van der Waals surface area contributed by atoms with Gasteiger partial charge in [0.05, 0.1) is 0 Å². The standard InChI is InChI=1S/C58H104O6/c1-4-7-10-13-16-19-21-23-25-27-29-31-32-34-36-39-42-45-48-51-57(60)63-54-55(53-62-56(59)50-47-44-41-38-18-15-12-9-6-3)64-58(61)52-49-46-43-40-37-35-33-30-28-26-24-22-20-17-14-11-8-5-2/h16,19-20,22-23,25-26,28,55H,4-15,17-18,21,24,27,29-54H2,1-3H3/b19-16-,22-20-,25-23-,28-26-. The molecular weight excluding hydrogens is 793 g/mol. The van der Waals surface area contributed by atoms with E-state index in [0.717, 1.165) is 77.0 Å². The minimum atomic E-state index is -0.776. The van der Waals surface area contributed by atoms with Crippen LogP contribution in [0.25, 0.3) is 0 Å². The molecule has 372 valence electrons. The first kappa shape index (κ1) is 61.4. The fourth-order valence-corrected chi connectivity index (χ4v) is 7.86. The average molecular weight is 897 g/mol. The monoisotopic (exact) mass is 897 g/mol. The molecule has 1 unspecified atom stereocenters. The maximum atomic E-state index is 12.8. The molecule has 0 fully saturated rings. The van der Waals surface area contributed by atoms with E-state index in [2.05, 4.69) is 69.4 Å². The predicted molar refractivity (Wildman–Crippen MR) is 275 cm³/mol. The molecule has 0 amide bonds. The lowest BCUT2D eigenvalue weighted by Gasteiger charge is -2.18. The van der Waals surface area contributed by atoms with E-state index in [1.54, 1.807) is 0 Å². The number of rotatable bonds is 50. The van der Waals surface area contributed by atoms with Crippen molar-refractivity contribution < 1.29 is 28.6 Å². The third-order valence-electron chi connectivity index (χ3n) is 12.1. The average Bonchev–Trinajstić information content (AvgIpc) is 3.29. The lowest BCUT2D eigenvalue weighted by atomic mass is 10.1. The van der Waals surface area contributed by atoms with E-state index in [-0.39, 0.29) is 31.1 Å². The number of allylic oxidation sites excluding steroid dienone is 8. The number of esters is 3. The Labute approximate surface area is 397 Å². The second kappa shape index (κ2) is 53.0. The largest absolute Gasteiger partial charge is 0.462 e. The van der Waals surface area contributed by atoms with E-state index in [1.165, 1.54) is 167 Å². The highest BCUT2D eigenvalue weighted by molar-refractivity contribution is 5.71. The summed E-state index contributed by atoms with van der Waals surface area (Å²) in [5.74, 6) is -0.880. The second-order valence-electron chi connectivity index (χ2n) is 18.5. The summed E-state index contributed by atoms with van der Waals surface area (Å²) in [4.78, 5) is 38.0. The molecule has 0 aliphatic heterocycles. The Morgan fingerprint density at radius 3 is 0.906 bits per heavy atom. The predicted octanol–water partition coefficient (Wildman–Crippen LogP) is 18.3. The van der Waals surface area contributed by atoms with E-state index < -0.39 is 6.10 Å². The lowest BCUT2D eigenvalue weighted by Crippen LogP contribution is -2.30. The molecule has 0 spiro atoms. The van der Waals surface area contributed by atoms with Gasteiger partial charge < -0.3 is 14.2 Å². The van der Waals surface area contributed by atoms with Gasteiger partial charge in [-0.25, -0.2) is 0 Å². The van der Waals surface area contributed by atoms with Crippen LogP contribution in [-0.2, 0) is 28.6 Å². The molecule has 64 heavy (non-hydrogen) atoms. The summed E-state index contributed by atoms with van der Waals surface area (Å²) in [7, 11) is 0. The van der Waals surface area contributed by atoms with Crippen LogP contribution >= 0.6 is 0 Å². The number of carbonyl (C=O) groups excluding carboxylic acids is 3. The van der Waals surface area contributed by atoms with Crippen LogP contribution in [0.2, 0.25) is 0 Å². The molecule has 0 bridgehead atoms. The van der Waals surface area contributed by atoms with Gasteiger partial charge >= 0.3 is 17.9 Å². The summed E-state index contributed by atoms with van der Waals surface area (Å²) in [6, 6.07) is 0. The van der Waals surface area contributed by atoms with Gasteiger partial charge in [0, 0.05) is 19.3 Å². The van der Waals surface area contributed by atoms with Crippen LogP contribution in [0.15, 0.2) is 48.6 Å². The van der Waals surface area contributed by atoms with Gasteiger partial charge in [-0.15, -0.1) is 0 Å². The van der Waals surface area contributed by atoms with Gasteiger partial charge in [-0.2, -0.15) is 0 Å². The first-order valence-corrected chi connectivity index (χ1v) is 27.6. The molecule has 0 saturated heterocycles. The SMILES string of the molecule is CCCCC/C=C\C/C=C\CCCCCCCCCCCC(=O)OCC(COC(=O)CCCCCCCCCCC)OC(=O)CCCCCCCCC/C=C\C/C=C\CCCCCC. The van der Waals surface area contributed by atoms with Crippen molar-refractivity contribution in [2.45, 2.75) is 290 Å². The Morgan fingerprint density at radius 2 is 0.562 bits per heavy atom. The van der Waals surface area contributed by atoms with Crippen LogP contribution in [0.1, 0.15) is 284 Å². The van der Waals surface area contributed by atoms with Crippen molar-refractivity contribution in [3.05, 3.63) is 48.6 Å². The molecule has 1 atom stereocenters. The van der Waals surface area contributed by atoms with Crippen molar-refractivity contribution in [2.75, 3.05) is 13.2 Å². The topological polar surface area (TPSA) is 78.9 Å².